The van der Waals surface area contributed by atoms with E-state index in [1.165, 1.54) is 25.0 Å². The molecule has 2 fully saturated rings. The fourth-order valence-corrected chi connectivity index (χ4v) is 5.38. The smallest absolute Gasteiger partial charge is 0.387 e. The van der Waals surface area contributed by atoms with Crippen LogP contribution in [0.15, 0.2) is 43.0 Å². The minimum atomic E-state index is -3.35. The second kappa shape index (κ2) is 9.01. The Balaban J connectivity index is 1.52. The standard InChI is InChI=1S/C25H25F5O/c1-2-14-3-4-16-10-17(6-5-15(16)9-14)18-7-8-20(21(26)11-18)19-12-22(27)24(23(28)13-19)31-25(29)30/h2,7-8,11-17,25H,1,3-6,9-10H2. The highest BCUT2D eigenvalue weighted by Gasteiger charge is 2.35. The van der Waals surface area contributed by atoms with Crippen molar-refractivity contribution in [2.24, 2.45) is 17.8 Å². The Hall–Kier alpha value is -2.37. The third-order valence-electron chi connectivity index (χ3n) is 6.97. The fraction of sp³-hybridized carbons (Fsp3) is 0.440. The maximum absolute atomic E-state index is 14.9. The average molecular weight is 436 g/mol. The zero-order valence-corrected chi connectivity index (χ0v) is 17.1. The van der Waals surface area contributed by atoms with E-state index in [1.807, 2.05) is 0 Å². The summed E-state index contributed by atoms with van der Waals surface area (Å²) in [5, 5.41) is 0. The Morgan fingerprint density at radius 2 is 1.55 bits per heavy atom. The lowest BCUT2D eigenvalue weighted by molar-refractivity contribution is -0.0546. The first-order chi connectivity index (χ1) is 14.9. The fourth-order valence-electron chi connectivity index (χ4n) is 5.38. The number of ether oxygens (including phenoxy) is 1. The summed E-state index contributed by atoms with van der Waals surface area (Å²) in [6, 6.07) is 6.37. The molecule has 4 atom stereocenters. The summed E-state index contributed by atoms with van der Waals surface area (Å²) in [5.41, 5.74) is 0.849. The van der Waals surface area contributed by atoms with Crippen LogP contribution in [-0.2, 0) is 0 Å². The van der Waals surface area contributed by atoms with Crippen molar-refractivity contribution in [3.8, 4) is 16.9 Å². The molecular formula is C25H25F5O. The lowest BCUT2D eigenvalue weighted by Gasteiger charge is -2.41. The number of fused-ring (bicyclic) bond motifs is 1. The topological polar surface area (TPSA) is 9.23 Å². The molecule has 0 bridgehead atoms. The molecule has 2 saturated carbocycles. The van der Waals surface area contributed by atoms with Crippen molar-refractivity contribution >= 4 is 0 Å². The Kier molecular flexibility index (Phi) is 6.35. The van der Waals surface area contributed by atoms with Crippen LogP contribution in [0.25, 0.3) is 11.1 Å². The number of rotatable bonds is 5. The predicted octanol–water partition coefficient (Wildman–Crippen LogP) is 7.86. The van der Waals surface area contributed by atoms with Gasteiger partial charge in [0.1, 0.15) is 5.82 Å². The van der Waals surface area contributed by atoms with E-state index in [9.17, 15) is 22.0 Å². The SMILES string of the molecule is C=CC1CCC2CC(c3ccc(-c4cc(F)c(OC(F)F)c(F)c4)c(F)c3)CCC2C1. The molecule has 0 spiro atoms. The average Bonchev–Trinajstić information content (AvgIpc) is 2.75. The van der Waals surface area contributed by atoms with Crippen molar-refractivity contribution in [3.05, 3.63) is 66.0 Å². The maximum Gasteiger partial charge on any atom is 0.387 e. The van der Waals surface area contributed by atoms with Gasteiger partial charge in [-0.05, 0) is 91.5 Å². The van der Waals surface area contributed by atoms with Gasteiger partial charge in [0, 0.05) is 5.56 Å². The van der Waals surface area contributed by atoms with Gasteiger partial charge in [-0.1, -0.05) is 18.2 Å². The minimum Gasteiger partial charge on any atom is -0.429 e. The molecule has 0 N–H and O–H groups in total. The molecule has 2 aliphatic carbocycles. The minimum absolute atomic E-state index is 0.0188. The van der Waals surface area contributed by atoms with Crippen LogP contribution in [0.3, 0.4) is 0 Å². The Labute approximate surface area is 178 Å². The molecule has 0 saturated heterocycles. The third-order valence-corrected chi connectivity index (χ3v) is 6.97. The summed E-state index contributed by atoms with van der Waals surface area (Å²) in [6.45, 7) is 0.573. The van der Waals surface area contributed by atoms with E-state index in [4.69, 9.17) is 0 Å². The highest BCUT2D eigenvalue weighted by atomic mass is 19.3. The zero-order chi connectivity index (χ0) is 22.1. The molecule has 0 radical (unpaired) electrons. The van der Waals surface area contributed by atoms with Crippen molar-refractivity contribution in [2.45, 2.75) is 51.1 Å². The van der Waals surface area contributed by atoms with Gasteiger partial charge in [0.2, 0.25) is 0 Å². The van der Waals surface area contributed by atoms with Gasteiger partial charge in [0.05, 0.1) is 0 Å². The molecule has 166 valence electrons. The van der Waals surface area contributed by atoms with Gasteiger partial charge in [-0.2, -0.15) is 8.78 Å². The summed E-state index contributed by atoms with van der Waals surface area (Å²) in [4.78, 5) is 0. The molecular weight excluding hydrogens is 411 g/mol. The van der Waals surface area contributed by atoms with Gasteiger partial charge in [0.25, 0.3) is 0 Å². The third kappa shape index (κ3) is 4.63. The van der Waals surface area contributed by atoms with Crippen LogP contribution in [0.5, 0.6) is 5.75 Å². The largest absolute Gasteiger partial charge is 0.429 e. The van der Waals surface area contributed by atoms with Crippen LogP contribution < -0.4 is 4.74 Å². The van der Waals surface area contributed by atoms with Gasteiger partial charge in [0.15, 0.2) is 17.4 Å². The number of halogens is 5. The first-order valence-electron chi connectivity index (χ1n) is 10.7. The van der Waals surface area contributed by atoms with E-state index >= 15 is 0 Å². The Bertz CT molecular complexity index is 934. The van der Waals surface area contributed by atoms with Crippen molar-refractivity contribution in [2.75, 3.05) is 0 Å². The number of allylic oxidation sites excluding steroid dienone is 1. The lowest BCUT2D eigenvalue weighted by Crippen LogP contribution is -2.29. The number of benzene rings is 2. The molecule has 2 aromatic carbocycles. The van der Waals surface area contributed by atoms with Gasteiger partial charge >= 0.3 is 6.61 Å². The highest BCUT2D eigenvalue weighted by molar-refractivity contribution is 5.66. The van der Waals surface area contributed by atoms with Crippen molar-refractivity contribution in [1.29, 1.82) is 0 Å². The van der Waals surface area contributed by atoms with Gasteiger partial charge < -0.3 is 4.74 Å². The molecule has 0 aromatic heterocycles. The van der Waals surface area contributed by atoms with E-state index < -0.39 is 29.8 Å². The molecule has 6 heteroatoms. The van der Waals surface area contributed by atoms with Gasteiger partial charge in [-0.3, -0.25) is 0 Å². The summed E-state index contributed by atoms with van der Waals surface area (Å²) >= 11 is 0. The molecule has 31 heavy (non-hydrogen) atoms. The van der Waals surface area contributed by atoms with Crippen molar-refractivity contribution in [1.82, 2.24) is 0 Å². The number of hydrogen-bond donors (Lipinski definition) is 0. The van der Waals surface area contributed by atoms with Gasteiger partial charge in [-0.15, -0.1) is 6.58 Å². The predicted molar refractivity (Wildman–Crippen MR) is 109 cm³/mol. The normalized spacial score (nSPS) is 25.9. The van der Waals surface area contributed by atoms with Crippen LogP contribution in [0, 0.1) is 35.2 Å². The second-order valence-electron chi connectivity index (χ2n) is 8.73. The van der Waals surface area contributed by atoms with Crippen LogP contribution >= 0.6 is 0 Å². The van der Waals surface area contributed by atoms with E-state index in [0.29, 0.717) is 17.8 Å². The molecule has 0 aliphatic heterocycles. The van der Waals surface area contributed by atoms with E-state index in [-0.39, 0.29) is 17.0 Å². The molecule has 0 heterocycles. The maximum atomic E-state index is 14.9. The lowest BCUT2D eigenvalue weighted by atomic mass is 9.64. The zero-order valence-electron chi connectivity index (χ0n) is 17.1. The molecule has 0 amide bonds. The van der Waals surface area contributed by atoms with Crippen LogP contribution in [0.1, 0.15) is 50.0 Å². The number of alkyl halides is 2. The van der Waals surface area contributed by atoms with E-state index in [1.54, 1.807) is 6.07 Å². The summed E-state index contributed by atoms with van der Waals surface area (Å²) in [5.74, 6) is -2.14. The molecule has 4 unspecified atom stereocenters. The Morgan fingerprint density at radius 1 is 0.871 bits per heavy atom. The first-order valence-corrected chi connectivity index (χ1v) is 10.7. The van der Waals surface area contributed by atoms with E-state index in [2.05, 4.69) is 17.4 Å². The summed E-state index contributed by atoms with van der Waals surface area (Å²) in [6.07, 6.45) is 8.72. The van der Waals surface area contributed by atoms with Gasteiger partial charge in [-0.25, -0.2) is 13.2 Å². The number of hydrogen-bond acceptors (Lipinski definition) is 1. The first kappa shape index (κ1) is 21.8. The highest BCUT2D eigenvalue weighted by Crippen LogP contribution is 2.48. The van der Waals surface area contributed by atoms with Crippen molar-refractivity contribution < 1.29 is 26.7 Å². The molecule has 1 nitrogen and oxygen atoms in total. The van der Waals surface area contributed by atoms with Crippen LogP contribution in [0.2, 0.25) is 0 Å². The summed E-state index contributed by atoms with van der Waals surface area (Å²) < 4.78 is 71.5. The molecule has 2 aromatic rings. The van der Waals surface area contributed by atoms with Crippen LogP contribution in [-0.4, -0.2) is 6.61 Å². The summed E-state index contributed by atoms with van der Waals surface area (Å²) in [7, 11) is 0. The Morgan fingerprint density at radius 3 is 2.19 bits per heavy atom. The second-order valence-corrected chi connectivity index (χ2v) is 8.73. The monoisotopic (exact) mass is 436 g/mol. The van der Waals surface area contributed by atoms with Crippen LogP contribution in [0.4, 0.5) is 22.0 Å². The molecule has 4 rings (SSSR count). The molecule has 2 aliphatic rings. The quantitative estimate of drug-likeness (QED) is 0.342. The van der Waals surface area contributed by atoms with E-state index in [0.717, 1.165) is 43.4 Å². The van der Waals surface area contributed by atoms with Crippen molar-refractivity contribution in [3.63, 3.8) is 0 Å².